The number of para-hydroxylation sites is 1. The lowest BCUT2D eigenvalue weighted by Gasteiger charge is -2.25. The minimum absolute atomic E-state index is 0.00388. The lowest BCUT2D eigenvalue weighted by molar-refractivity contribution is -0.114. The molecule has 4 rings (SSSR count). The second-order valence-electron chi connectivity index (χ2n) is 9.55. The smallest absolute Gasteiger partial charge is 0.264 e. The number of hydrogen-bond donors (Lipinski definition) is 2. The number of sulfonamides is 1. The van der Waals surface area contributed by atoms with Crippen LogP contribution >= 0.6 is 15.9 Å². The first kappa shape index (κ1) is 28.6. The molecule has 10 heteroatoms. The van der Waals surface area contributed by atoms with Crippen LogP contribution in [0.15, 0.2) is 76.1 Å². The number of ether oxygens (including phenoxy) is 1. The predicted octanol–water partition coefficient (Wildman–Crippen LogP) is 5.66. The second kappa shape index (κ2) is 12.7. The molecule has 0 saturated heterocycles. The van der Waals surface area contributed by atoms with Crippen molar-refractivity contribution >= 4 is 49.1 Å². The molecule has 1 aliphatic carbocycles. The van der Waals surface area contributed by atoms with Gasteiger partial charge in [0, 0.05) is 6.04 Å². The van der Waals surface area contributed by atoms with E-state index < -0.39 is 22.5 Å². The molecule has 0 bridgehead atoms. The number of rotatable bonds is 9. The zero-order chi connectivity index (χ0) is 28.0. The first-order valence-electron chi connectivity index (χ1n) is 12.8. The maximum atomic E-state index is 13.8. The SMILES string of the molecule is COc1ccc(S(=O)(=O)N(CC(=O)Nc2ccccc2C(=O)NC2CCCCC2)c2ccc(C)cc2)cc1Br. The van der Waals surface area contributed by atoms with Crippen LogP contribution < -0.4 is 19.7 Å². The van der Waals surface area contributed by atoms with Crippen molar-refractivity contribution in [1.82, 2.24) is 5.32 Å². The molecule has 206 valence electrons. The van der Waals surface area contributed by atoms with E-state index in [1.54, 1.807) is 54.6 Å². The van der Waals surface area contributed by atoms with Crippen LogP contribution in [0.1, 0.15) is 48.0 Å². The Morgan fingerprint density at radius 1 is 1.00 bits per heavy atom. The molecule has 8 nitrogen and oxygen atoms in total. The molecule has 3 aromatic rings. The number of amides is 2. The summed E-state index contributed by atoms with van der Waals surface area (Å²) in [5, 5.41) is 5.83. The highest BCUT2D eigenvalue weighted by Gasteiger charge is 2.28. The van der Waals surface area contributed by atoms with Gasteiger partial charge in [0.1, 0.15) is 12.3 Å². The van der Waals surface area contributed by atoms with Crippen molar-refractivity contribution in [2.45, 2.75) is 50.0 Å². The fourth-order valence-corrected chi connectivity index (χ4v) is 6.72. The van der Waals surface area contributed by atoms with E-state index in [1.807, 2.05) is 6.92 Å². The van der Waals surface area contributed by atoms with Crippen LogP contribution in [0.25, 0.3) is 0 Å². The van der Waals surface area contributed by atoms with E-state index in [0.717, 1.165) is 35.6 Å². The monoisotopic (exact) mass is 613 g/mol. The molecule has 3 aromatic carbocycles. The van der Waals surface area contributed by atoms with E-state index >= 15 is 0 Å². The molecule has 0 aromatic heterocycles. The highest BCUT2D eigenvalue weighted by Crippen LogP contribution is 2.31. The predicted molar refractivity (Wildman–Crippen MR) is 156 cm³/mol. The number of methoxy groups -OCH3 is 1. The van der Waals surface area contributed by atoms with Gasteiger partial charge in [0.05, 0.1) is 33.4 Å². The average molecular weight is 615 g/mol. The summed E-state index contributed by atoms with van der Waals surface area (Å²) in [4.78, 5) is 26.3. The summed E-state index contributed by atoms with van der Waals surface area (Å²) >= 11 is 3.34. The van der Waals surface area contributed by atoms with Crippen LogP contribution in [-0.2, 0) is 14.8 Å². The third-order valence-corrected chi connectivity index (χ3v) is 9.10. The van der Waals surface area contributed by atoms with Crippen molar-refractivity contribution in [2.24, 2.45) is 0 Å². The van der Waals surface area contributed by atoms with Gasteiger partial charge in [0.15, 0.2) is 0 Å². The molecule has 0 radical (unpaired) electrons. The fourth-order valence-electron chi connectivity index (χ4n) is 4.58. The molecule has 0 heterocycles. The van der Waals surface area contributed by atoms with Crippen molar-refractivity contribution in [2.75, 3.05) is 23.3 Å². The van der Waals surface area contributed by atoms with Gasteiger partial charge in [-0.2, -0.15) is 0 Å². The molecule has 2 amide bonds. The van der Waals surface area contributed by atoms with Crippen LogP contribution in [0.2, 0.25) is 0 Å². The number of halogens is 1. The average Bonchev–Trinajstić information content (AvgIpc) is 2.93. The number of benzene rings is 3. The molecular formula is C29H32BrN3O5S. The molecule has 0 aliphatic heterocycles. The summed E-state index contributed by atoms with van der Waals surface area (Å²) in [5.41, 5.74) is 1.95. The lowest BCUT2D eigenvalue weighted by Crippen LogP contribution is -2.39. The standard InChI is InChI=1S/C29H32BrN3O5S/c1-20-12-14-22(15-13-20)33(39(36,37)23-16-17-27(38-2)25(30)18-23)19-28(34)32-26-11-7-6-10-24(26)29(35)31-21-8-4-3-5-9-21/h6-7,10-18,21H,3-5,8-9,19H2,1-2H3,(H,31,35)(H,32,34). The Morgan fingerprint density at radius 3 is 2.36 bits per heavy atom. The number of carbonyl (C=O) groups excluding carboxylic acids is 2. The Kier molecular flexibility index (Phi) is 9.29. The summed E-state index contributed by atoms with van der Waals surface area (Å²) < 4.78 is 34.3. The Hall–Kier alpha value is -3.37. The van der Waals surface area contributed by atoms with Crippen LogP contribution in [0, 0.1) is 6.92 Å². The van der Waals surface area contributed by atoms with Gasteiger partial charge in [0.2, 0.25) is 5.91 Å². The quantitative estimate of drug-likeness (QED) is 0.324. The molecule has 2 N–H and O–H groups in total. The van der Waals surface area contributed by atoms with Gasteiger partial charge in [-0.3, -0.25) is 13.9 Å². The summed E-state index contributed by atoms with van der Waals surface area (Å²) in [7, 11) is -2.65. The Labute approximate surface area is 237 Å². The van der Waals surface area contributed by atoms with Crippen molar-refractivity contribution in [3.8, 4) is 5.75 Å². The van der Waals surface area contributed by atoms with Crippen LogP contribution in [0.5, 0.6) is 5.75 Å². The minimum atomic E-state index is -4.14. The molecular weight excluding hydrogens is 582 g/mol. The topological polar surface area (TPSA) is 105 Å². The first-order valence-corrected chi connectivity index (χ1v) is 15.0. The first-order chi connectivity index (χ1) is 18.7. The van der Waals surface area contributed by atoms with E-state index in [9.17, 15) is 18.0 Å². The highest BCUT2D eigenvalue weighted by molar-refractivity contribution is 9.10. The van der Waals surface area contributed by atoms with E-state index in [2.05, 4.69) is 26.6 Å². The van der Waals surface area contributed by atoms with Crippen LogP contribution in [0.3, 0.4) is 0 Å². The summed E-state index contributed by atoms with van der Waals surface area (Å²) in [6.45, 7) is 1.40. The molecule has 0 spiro atoms. The van der Waals surface area contributed by atoms with E-state index in [-0.39, 0.29) is 16.8 Å². The van der Waals surface area contributed by atoms with Gasteiger partial charge in [-0.15, -0.1) is 0 Å². The normalized spacial score (nSPS) is 13.9. The maximum absolute atomic E-state index is 13.8. The second-order valence-corrected chi connectivity index (χ2v) is 12.3. The van der Waals surface area contributed by atoms with Crippen molar-refractivity contribution < 1.29 is 22.7 Å². The summed E-state index contributed by atoms with van der Waals surface area (Å²) in [6, 6.07) is 18.2. The Balaban J connectivity index is 1.59. The largest absolute Gasteiger partial charge is 0.496 e. The summed E-state index contributed by atoms with van der Waals surface area (Å²) in [5.74, 6) is -0.356. The fraction of sp³-hybridized carbons (Fsp3) is 0.310. The van der Waals surface area contributed by atoms with Crippen LogP contribution in [0.4, 0.5) is 11.4 Å². The van der Waals surface area contributed by atoms with Gasteiger partial charge in [-0.1, -0.05) is 49.1 Å². The van der Waals surface area contributed by atoms with Gasteiger partial charge in [-0.25, -0.2) is 8.42 Å². The van der Waals surface area contributed by atoms with Crippen molar-refractivity contribution in [3.05, 3.63) is 82.3 Å². The highest BCUT2D eigenvalue weighted by atomic mass is 79.9. The third-order valence-electron chi connectivity index (χ3n) is 6.71. The van der Waals surface area contributed by atoms with Gasteiger partial charge in [-0.05, 0) is 78.2 Å². The molecule has 1 aliphatic rings. The van der Waals surface area contributed by atoms with Crippen molar-refractivity contribution in [1.29, 1.82) is 0 Å². The van der Waals surface area contributed by atoms with Gasteiger partial charge in [0.25, 0.3) is 15.9 Å². The lowest BCUT2D eigenvalue weighted by atomic mass is 9.95. The number of nitrogens with one attached hydrogen (secondary N) is 2. The molecule has 39 heavy (non-hydrogen) atoms. The maximum Gasteiger partial charge on any atom is 0.264 e. The summed E-state index contributed by atoms with van der Waals surface area (Å²) in [6.07, 6.45) is 5.21. The zero-order valence-corrected chi connectivity index (χ0v) is 24.3. The van der Waals surface area contributed by atoms with E-state index in [0.29, 0.717) is 27.2 Å². The third kappa shape index (κ3) is 6.99. The van der Waals surface area contributed by atoms with E-state index in [4.69, 9.17) is 4.74 Å². The molecule has 1 saturated carbocycles. The molecule has 1 fully saturated rings. The van der Waals surface area contributed by atoms with Crippen molar-refractivity contribution in [3.63, 3.8) is 0 Å². The minimum Gasteiger partial charge on any atom is -0.496 e. The van der Waals surface area contributed by atoms with Crippen LogP contribution in [-0.4, -0.2) is 39.9 Å². The van der Waals surface area contributed by atoms with Gasteiger partial charge < -0.3 is 15.4 Å². The number of aryl methyl sites for hydroxylation is 1. The van der Waals surface area contributed by atoms with E-state index in [1.165, 1.54) is 25.7 Å². The zero-order valence-electron chi connectivity index (χ0n) is 21.9. The number of carbonyl (C=O) groups is 2. The molecule has 0 atom stereocenters. The number of nitrogens with zero attached hydrogens (tertiary/aromatic N) is 1. The Morgan fingerprint density at radius 2 is 1.69 bits per heavy atom. The number of anilines is 2. The molecule has 0 unspecified atom stereocenters. The van der Waals surface area contributed by atoms with Gasteiger partial charge >= 0.3 is 0 Å². The number of hydrogen-bond acceptors (Lipinski definition) is 5. The Bertz CT molecular complexity index is 1440.